The van der Waals surface area contributed by atoms with E-state index in [2.05, 4.69) is 5.32 Å². The van der Waals surface area contributed by atoms with Gasteiger partial charge in [0.15, 0.2) is 0 Å². The van der Waals surface area contributed by atoms with Crippen LogP contribution in [0, 0.1) is 11.8 Å². The van der Waals surface area contributed by atoms with E-state index < -0.39 is 36.6 Å². The van der Waals surface area contributed by atoms with Crippen LogP contribution in [-0.2, 0) is 16.0 Å². The molecule has 1 aliphatic rings. The second-order valence-corrected chi connectivity index (χ2v) is 5.25. The zero-order valence-corrected chi connectivity index (χ0v) is 11.3. The fourth-order valence-electron chi connectivity index (χ4n) is 2.61. The predicted octanol–water partition coefficient (Wildman–Crippen LogP) is 2.50. The molecule has 6 heteroatoms. The number of amides is 1. The number of carbonyl (C=O) groups is 2. The van der Waals surface area contributed by atoms with Crippen LogP contribution in [-0.4, -0.2) is 24.4 Å². The average Bonchev–Trinajstić information content (AvgIpc) is 2.77. The van der Waals surface area contributed by atoms with Crippen molar-refractivity contribution in [2.45, 2.75) is 25.4 Å². The lowest BCUT2D eigenvalue weighted by Gasteiger charge is -2.16. The summed E-state index contributed by atoms with van der Waals surface area (Å²) >= 11 is 0. The van der Waals surface area contributed by atoms with Crippen molar-refractivity contribution in [2.75, 3.05) is 6.54 Å². The van der Waals surface area contributed by atoms with Crippen molar-refractivity contribution in [3.8, 4) is 0 Å². The van der Waals surface area contributed by atoms with Crippen LogP contribution in [0.3, 0.4) is 0 Å². The molecular formula is C15H16F3NO2. The molecule has 1 N–H and O–H groups in total. The molecule has 1 heterocycles. The average molecular weight is 299 g/mol. The minimum absolute atomic E-state index is 0.277. The van der Waals surface area contributed by atoms with Gasteiger partial charge in [-0.05, 0) is 17.9 Å². The van der Waals surface area contributed by atoms with Crippen molar-refractivity contribution >= 4 is 11.7 Å². The third-order valence-corrected chi connectivity index (χ3v) is 3.63. The number of Topliss-reactive ketones (excluding diaryl/α,β-unsaturated/α-hetero) is 1. The summed E-state index contributed by atoms with van der Waals surface area (Å²) in [5.41, 5.74) is 0.965. The van der Waals surface area contributed by atoms with E-state index in [0.29, 0.717) is 13.0 Å². The Labute approximate surface area is 120 Å². The second kappa shape index (κ2) is 6.28. The van der Waals surface area contributed by atoms with Crippen molar-refractivity contribution in [3.63, 3.8) is 0 Å². The first kappa shape index (κ1) is 15.5. The highest BCUT2D eigenvalue weighted by atomic mass is 19.4. The molecule has 1 unspecified atom stereocenters. The highest BCUT2D eigenvalue weighted by molar-refractivity contribution is 6.03. The number of nitrogens with one attached hydrogen (secondary N) is 1. The topological polar surface area (TPSA) is 46.2 Å². The number of alkyl halides is 3. The quantitative estimate of drug-likeness (QED) is 0.849. The molecule has 1 aliphatic heterocycles. The first-order chi connectivity index (χ1) is 9.87. The normalized spacial score (nSPS) is 22.1. The Morgan fingerprint density at radius 1 is 1.24 bits per heavy atom. The van der Waals surface area contributed by atoms with Gasteiger partial charge in [-0.3, -0.25) is 9.59 Å². The van der Waals surface area contributed by atoms with E-state index in [1.165, 1.54) is 0 Å². The lowest BCUT2D eigenvalue weighted by atomic mass is 9.85. The largest absolute Gasteiger partial charge is 0.389 e. The highest BCUT2D eigenvalue weighted by Crippen LogP contribution is 2.28. The number of hydrogen-bond acceptors (Lipinski definition) is 2. The van der Waals surface area contributed by atoms with Crippen LogP contribution in [0.4, 0.5) is 13.2 Å². The minimum atomic E-state index is -4.38. The molecule has 1 aromatic rings. The fourth-order valence-corrected chi connectivity index (χ4v) is 2.61. The zero-order chi connectivity index (χ0) is 15.5. The SMILES string of the molecule is O=C(CCC(F)(F)F)[C@@H]1C(=O)NCC1Cc1ccccc1. The molecule has 0 aromatic heterocycles. The van der Waals surface area contributed by atoms with Gasteiger partial charge in [0, 0.05) is 13.0 Å². The van der Waals surface area contributed by atoms with Crippen LogP contribution in [0.25, 0.3) is 0 Å². The van der Waals surface area contributed by atoms with Crippen LogP contribution in [0.15, 0.2) is 30.3 Å². The molecule has 3 nitrogen and oxygen atoms in total. The highest BCUT2D eigenvalue weighted by Gasteiger charge is 2.40. The number of ketones is 1. The third kappa shape index (κ3) is 4.31. The summed E-state index contributed by atoms with van der Waals surface area (Å²) in [5.74, 6) is -2.32. The molecule has 1 aromatic carbocycles. The van der Waals surface area contributed by atoms with Gasteiger partial charge < -0.3 is 5.32 Å². The van der Waals surface area contributed by atoms with Crippen LogP contribution in [0.2, 0.25) is 0 Å². The molecule has 0 spiro atoms. The maximum atomic E-state index is 12.2. The van der Waals surface area contributed by atoms with Crippen molar-refractivity contribution in [1.29, 1.82) is 0 Å². The summed E-state index contributed by atoms with van der Waals surface area (Å²) in [6.45, 7) is 0.330. The number of halogens is 3. The fraction of sp³-hybridized carbons (Fsp3) is 0.467. The summed E-state index contributed by atoms with van der Waals surface area (Å²) < 4.78 is 36.6. The van der Waals surface area contributed by atoms with E-state index in [1.54, 1.807) is 0 Å². The first-order valence-electron chi connectivity index (χ1n) is 6.78. The Balaban J connectivity index is 2.01. The Bertz CT molecular complexity index is 513. The molecule has 114 valence electrons. The van der Waals surface area contributed by atoms with E-state index in [4.69, 9.17) is 0 Å². The van der Waals surface area contributed by atoms with Gasteiger partial charge in [-0.25, -0.2) is 0 Å². The molecule has 0 bridgehead atoms. The summed E-state index contributed by atoms with van der Waals surface area (Å²) in [7, 11) is 0. The van der Waals surface area contributed by atoms with Gasteiger partial charge in [-0.1, -0.05) is 30.3 Å². The number of hydrogen-bond donors (Lipinski definition) is 1. The molecule has 1 saturated heterocycles. The van der Waals surface area contributed by atoms with Crippen LogP contribution in [0.1, 0.15) is 18.4 Å². The molecule has 21 heavy (non-hydrogen) atoms. The van der Waals surface area contributed by atoms with Crippen molar-refractivity contribution in [2.24, 2.45) is 11.8 Å². The molecule has 1 amide bonds. The van der Waals surface area contributed by atoms with Crippen molar-refractivity contribution in [1.82, 2.24) is 5.32 Å². The molecule has 0 saturated carbocycles. The number of carbonyl (C=O) groups excluding carboxylic acids is 2. The molecular weight excluding hydrogens is 283 g/mol. The lowest BCUT2D eigenvalue weighted by Crippen LogP contribution is -2.29. The van der Waals surface area contributed by atoms with Crippen molar-refractivity contribution < 1.29 is 22.8 Å². The lowest BCUT2D eigenvalue weighted by molar-refractivity contribution is -0.147. The molecule has 2 atom stereocenters. The maximum Gasteiger partial charge on any atom is 0.389 e. The first-order valence-corrected chi connectivity index (χ1v) is 6.78. The number of rotatable bonds is 5. The maximum absolute atomic E-state index is 12.2. The Morgan fingerprint density at radius 2 is 1.90 bits per heavy atom. The van der Waals surface area contributed by atoms with E-state index in [-0.39, 0.29) is 5.92 Å². The smallest absolute Gasteiger partial charge is 0.355 e. The van der Waals surface area contributed by atoms with Gasteiger partial charge in [0.05, 0.1) is 6.42 Å². The summed E-state index contributed by atoms with van der Waals surface area (Å²) in [6.07, 6.45) is -5.68. The second-order valence-electron chi connectivity index (χ2n) is 5.25. The molecule has 2 rings (SSSR count). The number of benzene rings is 1. The zero-order valence-electron chi connectivity index (χ0n) is 11.3. The Hall–Kier alpha value is -1.85. The van der Waals surface area contributed by atoms with Gasteiger partial charge in [0.25, 0.3) is 0 Å². The standard InChI is InChI=1S/C15H16F3NO2/c16-15(17,18)7-6-12(20)13-11(9-19-14(13)21)8-10-4-2-1-3-5-10/h1-5,11,13H,6-9H2,(H,19,21)/t11?,13-/m1/s1. The van der Waals surface area contributed by atoms with Crippen LogP contribution >= 0.6 is 0 Å². The van der Waals surface area contributed by atoms with Gasteiger partial charge >= 0.3 is 6.18 Å². The minimum Gasteiger partial charge on any atom is -0.355 e. The van der Waals surface area contributed by atoms with Gasteiger partial charge in [-0.2, -0.15) is 13.2 Å². The summed E-state index contributed by atoms with van der Waals surface area (Å²) in [5, 5.41) is 2.58. The third-order valence-electron chi connectivity index (χ3n) is 3.63. The summed E-state index contributed by atoms with van der Waals surface area (Å²) in [6, 6.07) is 9.30. The monoisotopic (exact) mass is 299 g/mol. The molecule has 0 radical (unpaired) electrons. The van der Waals surface area contributed by atoms with Crippen molar-refractivity contribution in [3.05, 3.63) is 35.9 Å². The van der Waals surface area contributed by atoms with Gasteiger partial charge in [0.1, 0.15) is 11.7 Å². The van der Waals surface area contributed by atoms with E-state index in [1.807, 2.05) is 30.3 Å². The van der Waals surface area contributed by atoms with E-state index in [9.17, 15) is 22.8 Å². The van der Waals surface area contributed by atoms with Gasteiger partial charge in [-0.15, -0.1) is 0 Å². The van der Waals surface area contributed by atoms with Gasteiger partial charge in [0.2, 0.25) is 5.91 Å². The van der Waals surface area contributed by atoms with Crippen LogP contribution < -0.4 is 5.32 Å². The Kier molecular flexibility index (Phi) is 4.65. The predicted molar refractivity (Wildman–Crippen MR) is 70.4 cm³/mol. The Morgan fingerprint density at radius 3 is 2.52 bits per heavy atom. The summed E-state index contributed by atoms with van der Waals surface area (Å²) in [4.78, 5) is 23.7. The molecule has 1 fully saturated rings. The van der Waals surface area contributed by atoms with Crippen LogP contribution in [0.5, 0.6) is 0 Å². The molecule has 0 aliphatic carbocycles. The van der Waals surface area contributed by atoms with E-state index >= 15 is 0 Å². The van der Waals surface area contributed by atoms with E-state index in [0.717, 1.165) is 5.56 Å².